The number of thiocarbonyl (C=S) groups is 1. The molecule has 3 heterocycles. The van der Waals surface area contributed by atoms with Crippen molar-refractivity contribution in [3.05, 3.63) is 107 Å². The van der Waals surface area contributed by atoms with Gasteiger partial charge >= 0.3 is 5.97 Å². The van der Waals surface area contributed by atoms with Crippen LogP contribution in [0.4, 0.5) is 11.4 Å². The van der Waals surface area contributed by atoms with Crippen LogP contribution in [0.5, 0.6) is 0 Å². The largest absolute Gasteiger partial charge is 0.478 e. The molecule has 0 spiro atoms. The lowest BCUT2D eigenvalue weighted by molar-refractivity contribution is -0.115. The zero-order valence-corrected chi connectivity index (χ0v) is 23.6. The number of amides is 1. The van der Waals surface area contributed by atoms with E-state index in [1.165, 1.54) is 0 Å². The number of benzene rings is 2. The molecule has 0 radical (unpaired) electrons. The van der Waals surface area contributed by atoms with Crippen LogP contribution in [0, 0.1) is 20.8 Å². The zero-order valence-electron chi connectivity index (χ0n) is 22.8. The second-order valence-corrected chi connectivity index (χ2v) is 10.3. The highest BCUT2D eigenvalue weighted by molar-refractivity contribution is 7.80. The molecule has 8 nitrogen and oxygen atoms in total. The summed E-state index contributed by atoms with van der Waals surface area (Å²) >= 11 is 5.91. The van der Waals surface area contributed by atoms with Gasteiger partial charge in [-0.25, -0.2) is 4.79 Å². The predicted octanol–water partition coefficient (Wildman–Crippen LogP) is 6.02. The maximum atomic E-state index is 12.1. The molecule has 1 aliphatic rings. The quantitative estimate of drug-likeness (QED) is 0.241. The van der Waals surface area contributed by atoms with Gasteiger partial charge in [0.25, 0.3) is 0 Å². The summed E-state index contributed by atoms with van der Waals surface area (Å²) in [5, 5.41) is 16.9. The molecule has 2 aromatic heterocycles. The summed E-state index contributed by atoms with van der Waals surface area (Å²) in [5.41, 5.74) is 7.07. The van der Waals surface area contributed by atoms with E-state index in [9.17, 15) is 14.7 Å². The van der Waals surface area contributed by atoms with Crippen LogP contribution in [-0.2, 0) is 4.79 Å². The summed E-state index contributed by atoms with van der Waals surface area (Å²) in [6.07, 6.45) is 2.16. The number of anilines is 2. The molecule has 5 rings (SSSR count). The highest BCUT2D eigenvalue weighted by Crippen LogP contribution is 2.44. The number of carbonyl (C=O) groups is 2. The van der Waals surface area contributed by atoms with E-state index in [2.05, 4.69) is 26.6 Å². The number of nitrogens with zero attached hydrogens (tertiary/aromatic N) is 3. The van der Waals surface area contributed by atoms with Crippen molar-refractivity contribution in [3.63, 3.8) is 0 Å². The number of carboxylic acids is 1. The Morgan fingerprint density at radius 1 is 1.05 bits per heavy atom. The fourth-order valence-electron chi connectivity index (χ4n) is 5.43. The minimum absolute atomic E-state index is 0.0450. The Balaban J connectivity index is 1.66. The molecule has 2 aromatic carbocycles. The van der Waals surface area contributed by atoms with E-state index in [0.29, 0.717) is 17.2 Å². The van der Waals surface area contributed by atoms with Gasteiger partial charge in [0.1, 0.15) is 0 Å². The van der Waals surface area contributed by atoms with Crippen molar-refractivity contribution >= 4 is 40.6 Å². The maximum Gasteiger partial charge on any atom is 0.337 e. The van der Waals surface area contributed by atoms with Gasteiger partial charge in [0.2, 0.25) is 5.91 Å². The number of hydrogen-bond donors (Lipinski definition) is 3. The van der Waals surface area contributed by atoms with Gasteiger partial charge in [-0.2, -0.15) is 0 Å². The van der Waals surface area contributed by atoms with Crippen LogP contribution in [0.25, 0.3) is 5.69 Å². The molecular weight excluding hydrogens is 522 g/mol. The molecule has 2 atom stereocenters. The molecule has 0 aliphatic carbocycles. The van der Waals surface area contributed by atoms with Crippen LogP contribution in [0.15, 0.2) is 72.9 Å². The first-order chi connectivity index (χ1) is 19.2. The molecule has 3 N–H and O–H groups in total. The Morgan fingerprint density at radius 2 is 1.80 bits per heavy atom. The van der Waals surface area contributed by atoms with Crippen molar-refractivity contribution in [3.8, 4) is 5.69 Å². The Kier molecular flexibility index (Phi) is 7.40. The molecule has 2 unspecified atom stereocenters. The summed E-state index contributed by atoms with van der Waals surface area (Å²) in [7, 11) is 0. The molecule has 4 aromatic rings. The fourth-order valence-corrected chi connectivity index (χ4v) is 5.78. The number of pyridine rings is 1. The number of rotatable bonds is 7. The molecule has 9 heteroatoms. The normalized spacial score (nSPS) is 16.6. The first kappa shape index (κ1) is 27.1. The molecule has 0 saturated carbocycles. The van der Waals surface area contributed by atoms with Crippen LogP contribution >= 0.6 is 12.2 Å². The van der Waals surface area contributed by atoms with Crippen LogP contribution in [0.3, 0.4) is 0 Å². The second kappa shape index (κ2) is 10.9. The lowest BCUT2D eigenvalue weighted by Crippen LogP contribution is -2.29. The van der Waals surface area contributed by atoms with E-state index >= 15 is 0 Å². The van der Waals surface area contributed by atoms with Gasteiger partial charge in [-0.15, -0.1) is 0 Å². The lowest BCUT2D eigenvalue weighted by Gasteiger charge is -2.29. The number of nitrogens with one attached hydrogen (secondary N) is 2. The number of carboxylic acid groups (broad SMARTS) is 1. The summed E-state index contributed by atoms with van der Waals surface area (Å²) in [4.78, 5) is 30.8. The highest BCUT2D eigenvalue weighted by Gasteiger charge is 2.42. The SMILES string of the molecule is CCC(=O)Nc1ccc(N2C(=S)NC(c3ccccn3)C2c2cc(C)n(-c3ccccc3C(=O)O)c2C)cc1C. The van der Waals surface area contributed by atoms with E-state index in [1.54, 1.807) is 18.3 Å². The molecule has 1 saturated heterocycles. The summed E-state index contributed by atoms with van der Waals surface area (Å²) in [6.45, 7) is 7.76. The van der Waals surface area contributed by atoms with Gasteiger partial charge in [-0.1, -0.05) is 25.1 Å². The lowest BCUT2D eigenvalue weighted by atomic mass is 9.96. The van der Waals surface area contributed by atoms with Crippen molar-refractivity contribution in [2.75, 3.05) is 10.2 Å². The van der Waals surface area contributed by atoms with Crippen molar-refractivity contribution in [2.45, 2.75) is 46.2 Å². The van der Waals surface area contributed by atoms with Crippen LogP contribution in [0.1, 0.15) is 64.0 Å². The minimum Gasteiger partial charge on any atom is -0.478 e. The third-order valence-electron chi connectivity index (χ3n) is 7.35. The van der Waals surface area contributed by atoms with Crippen LogP contribution in [0.2, 0.25) is 0 Å². The number of carbonyl (C=O) groups excluding carboxylic acids is 1. The molecule has 40 heavy (non-hydrogen) atoms. The van der Waals surface area contributed by atoms with E-state index < -0.39 is 5.97 Å². The number of aromatic nitrogens is 2. The number of hydrogen-bond acceptors (Lipinski definition) is 4. The average molecular weight is 554 g/mol. The van der Waals surface area contributed by atoms with E-state index in [-0.39, 0.29) is 23.6 Å². The number of aryl methyl sites for hydroxylation is 2. The summed E-state index contributed by atoms with van der Waals surface area (Å²) in [6, 6.07) is 20.3. The molecule has 204 valence electrons. The van der Waals surface area contributed by atoms with E-state index in [1.807, 2.05) is 80.8 Å². The van der Waals surface area contributed by atoms with E-state index in [4.69, 9.17) is 12.2 Å². The zero-order chi connectivity index (χ0) is 28.6. The van der Waals surface area contributed by atoms with Gasteiger partial charge in [0.05, 0.1) is 29.0 Å². The van der Waals surface area contributed by atoms with Crippen molar-refractivity contribution < 1.29 is 14.7 Å². The summed E-state index contributed by atoms with van der Waals surface area (Å²) in [5.74, 6) is -1.02. The van der Waals surface area contributed by atoms with Crippen LogP contribution < -0.4 is 15.5 Å². The fraction of sp³-hybridized carbons (Fsp3) is 0.226. The molecule has 1 fully saturated rings. The Bertz CT molecular complexity index is 1610. The van der Waals surface area contributed by atoms with Gasteiger partial charge in [-0.3, -0.25) is 9.78 Å². The number of para-hydroxylation sites is 1. The topological polar surface area (TPSA) is 99.5 Å². The molecule has 1 aliphatic heterocycles. The molecular formula is C31H31N5O3S. The smallest absolute Gasteiger partial charge is 0.337 e. The Labute approximate surface area is 238 Å². The van der Waals surface area contributed by atoms with Crippen molar-refractivity contribution in [1.82, 2.24) is 14.9 Å². The van der Waals surface area contributed by atoms with Crippen molar-refractivity contribution in [2.24, 2.45) is 0 Å². The second-order valence-electron chi connectivity index (χ2n) is 9.88. The summed E-state index contributed by atoms with van der Waals surface area (Å²) < 4.78 is 1.99. The minimum atomic E-state index is -0.980. The monoisotopic (exact) mass is 553 g/mol. The average Bonchev–Trinajstić information content (AvgIpc) is 3.44. The number of aromatic carboxylic acids is 1. The van der Waals surface area contributed by atoms with Gasteiger partial charge in [-0.05, 0) is 92.6 Å². The first-order valence-electron chi connectivity index (χ1n) is 13.1. The first-order valence-corrected chi connectivity index (χ1v) is 13.5. The molecule has 0 bridgehead atoms. The third kappa shape index (κ3) is 4.84. The Morgan fingerprint density at radius 3 is 2.48 bits per heavy atom. The Hall–Kier alpha value is -4.50. The standard InChI is InChI=1S/C31H31N5O3S/c1-5-27(37)33-24-14-13-21(16-18(24)2)36-29(28(34-31(36)40)25-11-8-9-15-32-25)23-17-19(3)35(20(23)4)26-12-7-6-10-22(26)30(38)39/h6-17,28-29H,5H2,1-4H3,(H,33,37)(H,34,40)(H,38,39). The van der Waals surface area contributed by atoms with Crippen molar-refractivity contribution in [1.29, 1.82) is 0 Å². The van der Waals surface area contributed by atoms with Gasteiger partial charge in [0.15, 0.2) is 5.11 Å². The predicted molar refractivity (Wildman–Crippen MR) is 160 cm³/mol. The van der Waals surface area contributed by atoms with Gasteiger partial charge in [0, 0.05) is 35.4 Å². The van der Waals surface area contributed by atoms with E-state index in [0.717, 1.165) is 39.6 Å². The molecule has 1 amide bonds. The highest BCUT2D eigenvalue weighted by atomic mass is 32.1. The third-order valence-corrected chi connectivity index (χ3v) is 7.66. The van der Waals surface area contributed by atoms with Gasteiger partial charge < -0.3 is 25.2 Å². The maximum absolute atomic E-state index is 12.1. The van der Waals surface area contributed by atoms with Crippen LogP contribution in [-0.4, -0.2) is 31.6 Å².